The normalized spacial score (nSPS) is 16.0. The van der Waals surface area contributed by atoms with E-state index in [4.69, 9.17) is 4.74 Å². The van der Waals surface area contributed by atoms with Gasteiger partial charge in [0.1, 0.15) is 6.29 Å². The van der Waals surface area contributed by atoms with Gasteiger partial charge in [-0.05, 0) is 25.1 Å². The van der Waals surface area contributed by atoms with Crippen LogP contribution in [-0.4, -0.2) is 71.7 Å². The highest BCUT2D eigenvalue weighted by Gasteiger charge is 2.16. The van der Waals surface area contributed by atoms with Crippen LogP contribution in [0.5, 0.6) is 0 Å². The first-order valence-corrected chi connectivity index (χ1v) is 9.04. The number of hydrogen-bond donors (Lipinski definition) is 0. The van der Waals surface area contributed by atoms with Crippen molar-refractivity contribution in [1.29, 1.82) is 0 Å². The minimum Gasteiger partial charge on any atom is -0.374 e. The molecule has 0 atom stereocenters. The summed E-state index contributed by atoms with van der Waals surface area (Å²) in [6.45, 7) is 7.81. The third kappa shape index (κ3) is 5.18. The summed E-state index contributed by atoms with van der Waals surface area (Å²) < 4.78 is 33.8. The monoisotopic (exact) mass is 378 g/mol. The Morgan fingerprint density at radius 1 is 1.11 bits per heavy atom. The van der Waals surface area contributed by atoms with E-state index < -0.39 is 11.6 Å². The summed E-state index contributed by atoms with van der Waals surface area (Å²) >= 11 is 0. The number of rotatable bonds is 8. The van der Waals surface area contributed by atoms with Crippen molar-refractivity contribution >= 4 is 6.29 Å². The van der Waals surface area contributed by atoms with Gasteiger partial charge in [0.15, 0.2) is 11.6 Å². The zero-order valence-corrected chi connectivity index (χ0v) is 15.4. The first-order valence-electron chi connectivity index (χ1n) is 9.04. The molecule has 1 aliphatic rings. The topological polar surface area (TPSA) is 50.6 Å². The Morgan fingerprint density at radius 3 is 2.56 bits per heavy atom. The molecule has 1 aromatic heterocycles. The number of hydrogen-bond acceptors (Lipinski definition) is 5. The van der Waals surface area contributed by atoms with Crippen LogP contribution in [0.25, 0.3) is 5.69 Å². The van der Waals surface area contributed by atoms with Gasteiger partial charge in [0.25, 0.3) is 0 Å². The molecule has 27 heavy (non-hydrogen) atoms. The third-order valence-electron chi connectivity index (χ3n) is 4.69. The van der Waals surface area contributed by atoms with E-state index in [1.54, 1.807) is 4.68 Å². The highest BCUT2D eigenvalue weighted by Crippen LogP contribution is 2.16. The number of aromatic nitrogens is 2. The maximum absolute atomic E-state index is 13.4. The Balaban J connectivity index is 1.45. The number of piperazine rings is 1. The van der Waals surface area contributed by atoms with Gasteiger partial charge in [0.05, 0.1) is 31.1 Å². The highest BCUT2D eigenvalue weighted by atomic mass is 19.2. The van der Waals surface area contributed by atoms with E-state index in [0.717, 1.165) is 62.5 Å². The average molecular weight is 378 g/mol. The van der Waals surface area contributed by atoms with Crippen LogP contribution in [0.3, 0.4) is 0 Å². The first-order chi connectivity index (χ1) is 13.1. The number of halogens is 2. The molecule has 2 heterocycles. The van der Waals surface area contributed by atoms with E-state index in [1.165, 1.54) is 6.07 Å². The number of aryl methyl sites for hydroxylation is 1. The molecule has 0 unspecified atom stereocenters. The van der Waals surface area contributed by atoms with Gasteiger partial charge in [-0.2, -0.15) is 5.10 Å². The molecular weight excluding hydrogens is 354 g/mol. The van der Waals surface area contributed by atoms with Gasteiger partial charge >= 0.3 is 0 Å². The highest BCUT2D eigenvalue weighted by molar-refractivity contribution is 5.51. The van der Waals surface area contributed by atoms with Gasteiger partial charge in [0, 0.05) is 44.5 Å². The molecule has 1 fully saturated rings. The molecule has 1 saturated heterocycles. The lowest BCUT2D eigenvalue weighted by molar-refractivity contribution is -0.109. The van der Waals surface area contributed by atoms with Gasteiger partial charge in [-0.25, -0.2) is 13.5 Å². The smallest absolute Gasteiger partial charge is 0.160 e. The van der Waals surface area contributed by atoms with E-state index in [9.17, 15) is 13.6 Å². The summed E-state index contributed by atoms with van der Waals surface area (Å²) in [5, 5.41) is 4.41. The van der Waals surface area contributed by atoms with Crippen molar-refractivity contribution in [3.63, 3.8) is 0 Å². The molecule has 0 spiro atoms. The Kier molecular flexibility index (Phi) is 6.65. The lowest BCUT2D eigenvalue weighted by atomic mass is 10.3. The van der Waals surface area contributed by atoms with Crippen LogP contribution in [-0.2, 0) is 16.1 Å². The minimum atomic E-state index is -0.895. The molecule has 0 radical (unpaired) electrons. The van der Waals surface area contributed by atoms with E-state index in [1.807, 2.05) is 13.0 Å². The largest absolute Gasteiger partial charge is 0.374 e. The van der Waals surface area contributed by atoms with Crippen molar-refractivity contribution in [2.45, 2.75) is 13.5 Å². The van der Waals surface area contributed by atoms with E-state index >= 15 is 0 Å². The quantitative estimate of drug-likeness (QED) is 0.518. The van der Waals surface area contributed by atoms with Crippen molar-refractivity contribution in [3.05, 3.63) is 47.3 Å². The summed E-state index contributed by atoms with van der Waals surface area (Å²) in [7, 11) is 0. The van der Waals surface area contributed by atoms with Crippen LogP contribution >= 0.6 is 0 Å². The second kappa shape index (κ2) is 9.16. The second-order valence-corrected chi connectivity index (χ2v) is 6.65. The molecule has 146 valence electrons. The summed E-state index contributed by atoms with van der Waals surface area (Å²) in [5.74, 6) is -1.77. The van der Waals surface area contributed by atoms with Crippen LogP contribution in [0, 0.1) is 18.6 Å². The molecular formula is C19H24F2N4O2. The van der Waals surface area contributed by atoms with Gasteiger partial charge in [-0.1, -0.05) is 0 Å². The molecule has 0 amide bonds. The van der Waals surface area contributed by atoms with Crippen LogP contribution in [0.15, 0.2) is 24.3 Å². The molecule has 0 N–H and O–H groups in total. The van der Waals surface area contributed by atoms with Crippen LogP contribution in [0.1, 0.15) is 11.4 Å². The fourth-order valence-corrected chi connectivity index (χ4v) is 3.16. The van der Waals surface area contributed by atoms with Gasteiger partial charge in [-0.15, -0.1) is 0 Å². The van der Waals surface area contributed by atoms with Crippen LogP contribution < -0.4 is 0 Å². The maximum Gasteiger partial charge on any atom is 0.160 e. The van der Waals surface area contributed by atoms with Crippen molar-refractivity contribution < 1.29 is 18.3 Å². The van der Waals surface area contributed by atoms with E-state index in [-0.39, 0.29) is 0 Å². The Labute approximate surface area is 157 Å². The molecule has 0 aliphatic carbocycles. The Morgan fingerprint density at radius 2 is 1.85 bits per heavy atom. The zero-order chi connectivity index (χ0) is 19.2. The molecule has 1 aliphatic heterocycles. The van der Waals surface area contributed by atoms with Crippen molar-refractivity contribution in [2.24, 2.45) is 0 Å². The Hall–Kier alpha value is -2.16. The van der Waals surface area contributed by atoms with Gasteiger partial charge in [-0.3, -0.25) is 9.80 Å². The second-order valence-electron chi connectivity index (χ2n) is 6.65. The number of benzene rings is 1. The summed E-state index contributed by atoms with van der Waals surface area (Å²) in [6, 6.07) is 5.59. The SMILES string of the molecule is Cc1cc(COCCN2CCN(CC=O)CC2)nn1-c1ccc(F)c(F)c1. The van der Waals surface area contributed by atoms with Gasteiger partial charge < -0.3 is 9.53 Å². The van der Waals surface area contributed by atoms with E-state index in [0.29, 0.717) is 25.4 Å². The predicted molar refractivity (Wildman–Crippen MR) is 96.8 cm³/mol. The maximum atomic E-state index is 13.4. The summed E-state index contributed by atoms with van der Waals surface area (Å²) in [6.07, 6.45) is 0.945. The number of ether oxygens (including phenoxy) is 1. The minimum absolute atomic E-state index is 0.364. The molecule has 1 aromatic carbocycles. The number of carbonyl (C=O) groups excluding carboxylic acids is 1. The summed E-state index contributed by atoms with van der Waals surface area (Å²) in [5.41, 5.74) is 2.05. The van der Waals surface area contributed by atoms with Gasteiger partial charge in [0.2, 0.25) is 0 Å². The number of aldehydes is 1. The fraction of sp³-hybridized carbons (Fsp3) is 0.474. The lowest BCUT2D eigenvalue weighted by Crippen LogP contribution is -2.47. The van der Waals surface area contributed by atoms with Crippen molar-refractivity contribution in [1.82, 2.24) is 19.6 Å². The molecule has 8 heteroatoms. The van der Waals surface area contributed by atoms with Crippen LogP contribution in [0.4, 0.5) is 8.78 Å². The standard InChI is InChI=1S/C19H24F2N4O2/c1-15-12-16(22-25(15)17-2-3-18(20)19(21)13-17)14-27-11-9-24-6-4-23(5-7-24)8-10-26/h2-3,10,12-13H,4-9,11,14H2,1H3. The molecule has 0 saturated carbocycles. The number of carbonyl (C=O) groups is 1. The molecule has 0 bridgehead atoms. The summed E-state index contributed by atoms with van der Waals surface area (Å²) in [4.78, 5) is 15.0. The first kappa shape index (κ1) is 19.6. The zero-order valence-electron chi connectivity index (χ0n) is 15.4. The number of nitrogens with zero attached hydrogens (tertiary/aromatic N) is 4. The molecule has 3 rings (SSSR count). The van der Waals surface area contributed by atoms with Crippen LogP contribution in [0.2, 0.25) is 0 Å². The van der Waals surface area contributed by atoms with E-state index in [2.05, 4.69) is 14.9 Å². The van der Waals surface area contributed by atoms with Crippen molar-refractivity contribution in [3.8, 4) is 5.69 Å². The predicted octanol–water partition coefficient (Wildman–Crippen LogP) is 1.79. The molecule has 2 aromatic rings. The fourth-order valence-electron chi connectivity index (χ4n) is 3.16. The average Bonchev–Trinajstić information content (AvgIpc) is 3.03. The lowest BCUT2D eigenvalue weighted by Gasteiger charge is -2.33. The third-order valence-corrected chi connectivity index (χ3v) is 4.69. The Bertz CT molecular complexity index is 773. The molecule has 6 nitrogen and oxygen atoms in total. The van der Waals surface area contributed by atoms with Crippen molar-refractivity contribution in [2.75, 3.05) is 45.9 Å².